The maximum atomic E-state index is 5.73. The second-order valence-corrected chi connectivity index (χ2v) is 4.57. The zero-order valence-electron chi connectivity index (χ0n) is 8.58. The van der Waals surface area contributed by atoms with E-state index < -0.39 is 0 Å². The van der Waals surface area contributed by atoms with E-state index in [2.05, 4.69) is 16.8 Å². The van der Waals surface area contributed by atoms with Crippen LogP contribution in [0.25, 0.3) is 0 Å². The van der Waals surface area contributed by atoms with Crippen LogP contribution in [0.3, 0.4) is 0 Å². The summed E-state index contributed by atoms with van der Waals surface area (Å²) in [6, 6.07) is 0.590. The van der Waals surface area contributed by atoms with Crippen LogP contribution in [-0.4, -0.2) is 55.6 Å². The molecule has 1 saturated carbocycles. The predicted octanol–water partition coefficient (Wildman–Crippen LogP) is -0.0289. The molecule has 0 amide bonds. The Balaban J connectivity index is 1.78. The van der Waals surface area contributed by atoms with E-state index in [-0.39, 0.29) is 0 Å². The van der Waals surface area contributed by atoms with Crippen LogP contribution in [0.4, 0.5) is 0 Å². The van der Waals surface area contributed by atoms with Crippen molar-refractivity contribution in [2.24, 2.45) is 11.7 Å². The minimum Gasteiger partial charge on any atom is -0.329 e. The summed E-state index contributed by atoms with van der Waals surface area (Å²) < 4.78 is 0. The van der Waals surface area contributed by atoms with Crippen molar-refractivity contribution in [3.05, 3.63) is 0 Å². The molecule has 3 heteroatoms. The molecule has 76 valence electrons. The summed E-state index contributed by atoms with van der Waals surface area (Å²) in [6.45, 7) is 5.74. The monoisotopic (exact) mass is 183 g/mol. The first-order valence-electron chi connectivity index (χ1n) is 5.42. The maximum absolute atomic E-state index is 5.73. The topological polar surface area (TPSA) is 32.5 Å². The van der Waals surface area contributed by atoms with Gasteiger partial charge in [-0.15, -0.1) is 0 Å². The van der Waals surface area contributed by atoms with Crippen LogP contribution in [0.1, 0.15) is 12.8 Å². The van der Waals surface area contributed by atoms with Gasteiger partial charge in [-0.05, 0) is 25.8 Å². The summed E-state index contributed by atoms with van der Waals surface area (Å²) in [5.74, 6) is 1.02. The summed E-state index contributed by atoms with van der Waals surface area (Å²) in [7, 11) is 2.19. The number of rotatable bonds is 3. The van der Waals surface area contributed by atoms with Crippen molar-refractivity contribution >= 4 is 0 Å². The Bertz CT molecular complexity index is 168. The molecule has 2 rings (SSSR count). The van der Waals surface area contributed by atoms with E-state index in [1.807, 2.05) is 0 Å². The Morgan fingerprint density at radius 1 is 1.31 bits per heavy atom. The molecule has 2 fully saturated rings. The van der Waals surface area contributed by atoms with Gasteiger partial charge in [0, 0.05) is 38.8 Å². The van der Waals surface area contributed by atoms with Gasteiger partial charge in [0.15, 0.2) is 0 Å². The van der Waals surface area contributed by atoms with E-state index in [0.29, 0.717) is 6.04 Å². The molecule has 0 bridgehead atoms. The third-order valence-corrected chi connectivity index (χ3v) is 3.35. The molecular weight excluding hydrogens is 162 g/mol. The third kappa shape index (κ3) is 2.42. The Morgan fingerprint density at radius 3 is 2.69 bits per heavy atom. The number of hydrogen-bond acceptors (Lipinski definition) is 3. The highest BCUT2D eigenvalue weighted by Gasteiger charge is 2.28. The van der Waals surface area contributed by atoms with Gasteiger partial charge in [0.25, 0.3) is 0 Å². The molecule has 1 heterocycles. The molecule has 1 aliphatic heterocycles. The second-order valence-electron chi connectivity index (χ2n) is 4.57. The molecule has 3 nitrogen and oxygen atoms in total. The van der Waals surface area contributed by atoms with Crippen molar-refractivity contribution in [2.45, 2.75) is 18.9 Å². The summed E-state index contributed by atoms with van der Waals surface area (Å²) in [5.41, 5.74) is 5.73. The van der Waals surface area contributed by atoms with Crippen molar-refractivity contribution in [2.75, 3.05) is 39.8 Å². The van der Waals surface area contributed by atoms with Gasteiger partial charge in [0.05, 0.1) is 0 Å². The van der Waals surface area contributed by atoms with Crippen LogP contribution in [0.15, 0.2) is 0 Å². The highest BCUT2D eigenvalue weighted by atomic mass is 15.3. The number of nitrogens with zero attached hydrogens (tertiary/aromatic N) is 2. The Kier molecular flexibility index (Phi) is 2.86. The first-order chi connectivity index (χ1) is 6.29. The molecule has 0 aromatic rings. The van der Waals surface area contributed by atoms with Crippen LogP contribution in [-0.2, 0) is 0 Å². The third-order valence-electron chi connectivity index (χ3n) is 3.35. The molecule has 1 aliphatic carbocycles. The first-order valence-corrected chi connectivity index (χ1v) is 5.42. The van der Waals surface area contributed by atoms with Crippen LogP contribution >= 0.6 is 0 Å². The lowest BCUT2D eigenvalue weighted by Gasteiger charge is -2.39. The van der Waals surface area contributed by atoms with Crippen LogP contribution in [0, 0.1) is 5.92 Å². The molecule has 2 aliphatic rings. The van der Waals surface area contributed by atoms with E-state index >= 15 is 0 Å². The van der Waals surface area contributed by atoms with Gasteiger partial charge < -0.3 is 10.6 Å². The minimum absolute atomic E-state index is 0.590. The van der Waals surface area contributed by atoms with Crippen molar-refractivity contribution in [3.8, 4) is 0 Å². The fourth-order valence-corrected chi connectivity index (χ4v) is 2.10. The summed E-state index contributed by atoms with van der Waals surface area (Å²) in [5, 5.41) is 0. The fourth-order valence-electron chi connectivity index (χ4n) is 2.10. The predicted molar refractivity (Wildman–Crippen MR) is 54.6 cm³/mol. The molecule has 13 heavy (non-hydrogen) atoms. The van der Waals surface area contributed by atoms with Gasteiger partial charge in [-0.2, -0.15) is 0 Å². The maximum Gasteiger partial charge on any atom is 0.0343 e. The molecule has 1 unspecified atom stereocenters. The SMILES string of the molecule is CN1CCN(CC2CC2)CC1CN. The molecular formula is C10H21N3. The van der Waals surface area contributed by atoms with Crippen molar-refractivity contribution in [3.63, 3.8) is 0 Å². The fraction of sp³-hybridized carbons (Fsp3) is 1.00. The largest absolute Gasteiger partial charge is 0.329 e. The van der Waals surface area contributed by atoms with Crippen LogP contribution in [0.2, 0.25) is 0 Å². The lowest BCUT2D eigenvalue weighted by Crippen LogP contribution is -2.54. The average molecular weight is 183 g/mol. The lowest BCUT2D eigenvalue weighted by molar-refractivity contribution is 0.0963. The number of likely N-dealkylation sites (N-methyl/N-ethyl adjacent to an activating group) is 1. The number of piperazine rings is 1. The Labute approximate surface area is 80.9 Å². The average Bonchev–Trinajstić information content (AvgIpc) is 2.92. The molecule has 1 atom stereocenters. The standard InChI is InChI=1S/C10H21N3/c1-12-4-5-13(7-9-2-3-9)8-10(12)6-11/h9-10H,2-8,11H2,1H3. The van der Waals surface area contributed by atoms with E-state index in [0.717, 1.165) is 12.5 Å². The highest BCUT2D eigenvalue weighted by molar-refractivity contribution is 4.84. The van der Waals surface area contributed by atoms with Crippen LogP contribution in [0.5, 0.6) is 0 Å². The van der Waals surface area contributed by atoms with Crippen molar-refractivity contribution in [1.82, 2.24) is 9.80 Å². The van der Waals surface area contributed by atoms with Crippen molar-refractivity contribution in [1.29, 1.82) is 0 Å². The molecule has 0 radical (unpaired) electrons. The zero-order chi connectivity index (χ0) is 9.26. The van der Waals surface area contributed by atoms with E-state index in [4.69, 9.17) is 5.73 Å². The second kappa shape index (κ2) is 3.95. The summed E-state index contributed by atoms with van der Waals surface area (Å²) in [6.07, 6.45) is 2.92. The Morgan fingerprint density at radius 2 is 2.08 bits per heavy atom. The summed E-state index contributed by atoms with van der Waals surface area (Å²) in [4.78, 5) is 4.98. The normalized spacial score (nSPS) is 32.3. The highest BCUT2D eigenvalue weighted by Crippen LogP contribution is 2.30. The van der Waals surface area contributed by atoms with Gasteiger partial charge in [0.1, 0.15) is 0 Å². The Hall–Kier alpha value is -0.120. The van der Waals surface area contributed by atoms with Gasteiger partial charge in [-0.1, -0.05) is 0 Å². The van der Waals surface area contributed by atoms with Gasteiger partial charge in [-0.25, -0.2) is 0 Å². The van der Waals surface area contributed by atoms with Crippen molar-refractivity contribution < 1.29 is 0 Å². The molecule has 0 spiro atoms. The van der Waals surface area contributed by atoms with Crippen LogP contribution < -0.4 is 5.73 Å². The molecule has 0 aromatic carbocycles. The lowest BCUT2D eigenvalue weighted by atomic mass is 10.1. The van der Waals surface area contributed by atoms with Gasteiger partial charge >= 0.3 is 0 Å². The zero-order valence-corrected chi connectivity index (χ0v) is 8.58. The first kappa shape index (κ1) is 9.44. The molecule has 1 saturated heterocycles. The van der Waals surface area contributed by atoms with Gasteiger partial charge in [-0.3, -0.25) is 4.90 Å². The smallest absolute Gasteiger partial charge is 0.0343 e. The molecule has 2 N–H and O–H groups in total. The summed E-state index contributed by atoms with van der Waals surface area (Å²) >= 11 is 0. The number of hydrogen-bond donors (Lipinski definition) is 1. The quantitative estimate of drug-likeness (QED) is 0.667. The molecule has 0 aromatic heterocycles. The number of nitrogens with two attached hydrogens (primary N) is 1. The van der Waals surface area contributed by atoms with E-state index in [9.17, 15) is 0 Å². The van der Waals surface area contributed by atoms with Gasteiger partial charge in [0.2, 0.25) is 0 Å². The van der Waals surface area contributed by atoms with E-state index in [1.165, 1.54) is 39.0 Å². The van der Waals surface area contributed by atoms with E-state index in [1.54, 1.807) is 0 Å². The minimum atomic E-state index is 0.590.